The molecule has 0 radical (unpaired) electrons. The predicted molar refractivity (Wildman–Crippen MR) is 70.5 cm³/mol. The fourth-order valence-electron chi connectivity index (χ4n) is 2.24. The van der Waals surface area contributed by atoms with Crippen molar-refractivity contribution in [1.82, 2.24) is 15.1 Å². The van der Waals surface area contributed by atoms with Gasteiger partial charge < -0.3 is 25.3 Å². The third-order valence-corrected chi connectivity index (χ3v) is 3.48. The van der Waals surface area contributed by atoms with Crippen LogP contribution in [0.15, 0.2) is 0 Å². The first-order chi connectivity index (χ1) is 9.31. The van der Waals surface area contributed by atoms with Crippen LogP contribution in [0, 0.1) is 0 Å². The maximum Gasteiger partial charge on any atom is 0.326 e. The number of hydrogen-bond donors (Lipinski definition) is 3. The lowest BCUT2D eigenvalue weighted by Gasteiger charge is -2.27. The zero-order chi connectivity index (χ0) is 15.3. The van der Waals surface area contributed by atoms with Crippen molar-refractivity contribution in [2.75, 3.05) is 27.2 Å². The summed E-state index contributed by atoms with van der Waals surface area (Å²) in [5.74, 6) is -2.62. The zero-order valence-corrected chi connectivity index (χ0v) is 11.7. The molecule has 0 aromatic heterocycles. The number of rotatable bonds is 6. The third-order valence-electron chi connectivity index (χ3n) is 3.48. The monoisotopic (exact) mass is 287 g/mol. The third kappa shape index (κ3) is 4.69. The molecule has 1 heterocycles. The quantitative estimate of drug-likeness (QED) is 0.616. The second-order valence-corrected chi connectivity index (χ2v) is 5.10. The number of nitrogens with one attached hydrogen (secondary N) is 1. The molecule has 0 saturated carbocycles. The number of nitrogens with zero attached hydrogens (tertiary/aromatic N) is 2. The fraction of sp³-hybridized carbons (Fsp3) is 0.750. The smallest absolute Gasteiger partial charge is 0.326 e. The summed E-state index contributed by atoms with van der Waals surface area (Å²) in [6.45, 7) is 1.47. The molecule has 1 aliphatic rings. The predicted octanol–water partition coefficient (Wildman–Crippen LogP) is -0.350. The molecular weight excluding hydrogens is 266 g/mol. The number of carboxylic acids is 2. The Hall–Kier alpha value is -1.83. The summed E-state index contributed by atoms with van der Waals surface area (Å²) in [4.78, 5) is 36.9. The Balaban J connectivity index is 2.50. The topological polar surface area (TPSA) is 110 Å². The fourth-order valence-corrected chi connectivity index (χ4v) is 2.24. The molecule has 0 aliphatic carbocycles. The Kier molecular flexibility index (Phi) is 5.75. The lowest BCUT2D eigenvalue weighted by Crippen LogP contribution is -2.50. The zero-order valence-electron chi connectivity index (χ0n) is 11.7. The Morgan fingerprint density at radius 1 is 1.40 bits per heavy atom. The molecule has 1 fully saturated rings. The van der Waals surface area contributed by atoms with Crippen LogP contribution in [-0.2, 0) is 9.59 Å². The van der Waals surface area contributed by atoms with Crippen molar-refractivity contribution < 1.29 is 24.6 Å². The van der Waals surface area contributed by atoms with Gasteiger partial charge in [-0.05, 0) is 26.4 Å². The van der Waals surface area contributed by atoms with Gasteiger partial charge >= 0.3 is 18.0 Å². The van der Waals surface area contributed by atoms with E-state index in [0.29, 0.717) is 6.54 Å². The largest absolute Gasteiger partial charge is 0.481 e. The highest BCUT2D eigenvalue weighted by atomic mass is 16.4. The molecule has 1 rings (SSSR count). The van der Waals surface area contributed by atoms with E-state index in [9.17, 15) is 14.4 Å². The molecule has 3 N–H and O–H groups in total. The van der Waals surface area contributed by atoms with Crippen molar-refractivity contribution in [3.05, 3.63) is 0 Å². The molecule has 0 aromatic carbocycles. The molecular formula is C12H21N3O5. The van der Waals surface area contributed by atoms with Gasteiger partial charge in [-0.1, -0.05) is 0 Å². The van der Waals surface area contributed by atoms with Gasteiger partial charge in [0.05, 0.1) is 6.42 Å². The normalized spacial score (nSPS) is 20.4. The van der Waals surface area contributed by atoms with Gasteiger partial charge in [-0.15, -0.1) is 0 Å². The van der Waals surface area contributed by atoms with Crippen molar-refractivity contribution in [3.63, 3.8) is 0 Å². The van der Waals surface area contributed by atoms with Crippen molar-refractivity contribution in [1.29, 1.82) is 0 Å². The molecule has 8 heteroatoms. The van der Waals surface area contributed by atoms with Gasteiger partial charge in [0.2, 0.25) is 0 Å². The Labute approximate surface area is 117 Å². The highest BCUT2D eigenvalue weighted by Crippen LogP contribution is 2.15. The van der Waals surface area contributed by atoms with Gasteiger partial charge in [0.15, 0.2) is 0 Å². The number of likely N-dealkylation sites (tertiary alicyclic amines) is 1. The van der Waals surface area contributed by atoms with E-state index < -0.39 is 30.4 Å². The van der Waals surface area contributed by atoms with E-state index in [1.807, 2.05) is 7.05 Å². The molecule has 8 nitrogen and oxygen atoms in total. The summed E-state index contributed by atoms with van der Waals surface area (Å²) in [5.41, 5.74) is 0. The second-order valence-electron chi connectivity index (χ2n) is 5.10. The molecule has 1 aliphatic heterocycles. The number of carbonyl (C=O) groups excluding carboxylic acids is 1. The number of aliphatic carboxylic acids is 2. The molecule has 0 bridgehead atoms. The van der Waals surface area contributed by atoms with Crippen LogP contribution in [0.2, 0.25) is 0 Å². The lowest BCUT2D eigenvalue weighted by molar-refractivity contribution is -0.145. The van der Waals surface area contributed by atoms with Crippen LogP contribution in [0.4, 0.5) is 4.79 Å². The highest BCUT2D eigenvalue weighted by molar-refractivity contribution is 5.86. The first kappa shape index (κ1) is 16.2. The molecule has 1 saturated heterocycles. The van der Waals surface area contributed by atoms with Crippen LogP contribution in [0.5, 0.6) is 0 Å². The minimum atomic E-state index is -1.41. The van der Waals surface area contributed by atoms with E-state index in [-0.39, 0.29) is 6.04 Å². The summed E-state index contributed by atoms with van der Waals surface area (Å²) >= 11 is 0. The standard InChI is InChI=1S/C12H21N3O5/c1-14-5-3-4-8(14)7-15(2)12(20)13-9(11(18)19)6-10(16)17/h8-9H,3-7H2,1-2H3,(H,13,20)(H,16,17)(H,18,19). The molecule has 2 atom stereocenters. The van der Waals surface area contributed by atoms with Crippen LogP contribution in [-0.4, -0.2) is 77.3 Å². The number of hydrogen-bond acceptors (Lipinski definition) is 4. The van der Waals surface area contributed by atoms with Gasteiger partial charge in [0.25, 0.3) is 0 Å². The number of amides is 2. The summed E-state index contributed by atoms with van der Waals surface area (Å²) in [5, 5.41) is 19.7. The van der Waals surface area contributed by atoms with Gasteiger partial charge in [-0.25, -0.2) is 9.59 Å². The minimum absolute atomic E-state index is 0.258. The molecule has 2 unspecified atom stereocenters. The van der Waals surface area contributed by atoms with Crippen molar-refractivity contribution in [2.24, 2.45) is 0 Å². The van der Waals surface area contributed by atoms with Crippen LogP contribution in [0.25, 0.3) is 0 Å². The summed E-state index contributed by atoms with van der Waals surface area (Å²) in [6.07, 6.45) is 1.43. The molecule has 20 heavy (non-hydrogen) atoms. The number of urea groups is 1. The Morgan fingerprint density at radius 3 is 2.50 bits per heavy atom. The van der Waals surface area contributed by atoms with Crippen LogP contribution in [0.3, 0.4) is 0 Å². The number of carboxylic acid groups (broad SMARTS) is 2. The van der Waals surface area contributed by atoms with E-state index in [2.05, 4.69) is 10.2 Å². The number of likely N-dealkylation sites (N-methyl/N-ethyl adjacent to an activating group) is 2. The number of carbonyl (C=O) groups is 3. The second kappa shape index (κ2) is 7.09. The minimum Gasteiger partial charge on any atom is -0.481 e. The van der Waals surface area contributed by atoms with E-state index in [1.54, 1.807) is 7.05 Å². The first-order valence-corrected chi connectivity index (χ1v) is 6.47. The van der Waals surface area contributed by atoms with E-state index in [1.165, 1.54) is 4.90 Å². The maximum atomic E-state index is 11.9. The molecule has 114 valence electrons. The van der Waals surface area contributed by atoms with Gasteiger partial charge in [0, 0.05) is 19.6 Å². The summed E-state index contributed by atoms with van der Waals surface area (Å²) in [7, 11) is 3.55. The average molecular weight is 287 g/mol. The SMILES string of the molecule is CN(CC1CCCN1C)C(=O)NC(CC(=O)O)C(=O)O. The molecule has 2 amide bonds. The Morgan fingerprint density at radius 2 is 2.05 bits per heavy atom. The highest BCUT2D eigenvalue weighted by Gasteiger charge is 2.27. The van der Waals surface area contributed by atoms with Gasteiger partial charge in [-0.2, -0.15) is 0 Å². The summed E-state index contributed by atoms with van der Waals surface area (Å²) in [6, 6.07) is -1.73. The van der Waals surface area contributed by atoms with Crippen LogP contribution in [0.1, 0.15) is 19.3 Å². The van der Waals surface area contributed by atoms with Crippen molar-refractivity contribution in [2.45, 2.75) is 31.3 Å². The van der Waals surface area contributed by atoms with Crippen LogP contribution >= 0.6 is 0 Å². The maximum absolute atomic E-state index is 11.9. The van der Waals surface area contributed by atoms with Gasteiger partial charge in [-0.3, -0.25) is 4.79 Å². The molecule has 0 spiro atoms. The van der Waals surface area contributed by atoms with E-state index >= 15 is 0 Å². The van der Waals surface area contributed by atoms with Crippen molar-refractivity contribution >= 4 is 18.0 Å². The van der Waals surface area contributed by atoms with E-state index in [0.717, 1.165) is 19.4 Å². The average Bonchev–Trinajstić information content (AvgIpc) is 2.73. The Bertz CT molecular complexity index is 387. The first-order valence-electron chi connectivity index (χ1n) is 6.47. The van der Waals surface area contributed by atoms with Gasteiger partial charge in [0.1, 0.15) is 6.04 Å². The lowest BCUT2D eigenvalue weighted by atomic mass is 10.2. The summed E-state index contributed by atoms with van der Waals surface area (Å²) < 4.78 is 0. The molecule has 0 aromatic rings. The van der Waals surface area contributed by atoms with Crippen LogP contribution < -0.4 is 5.32 Å². The van der Waals surface area contributed by atoms with Crippen molar-refractivity contribution in [3.8, 4) is 0 Å². The van der Waals surface area contributed by atoms with E-state index in [4.69, 9.17) is 10.2 Å².